The summed E-state index contributed by atoms with van der Waals surface area (Å²) in [6.45, 7) is 10.5. The van der Waals surface area contributed by atoms with Crippen LogP contribution >= 0.6 is 0 Å². The molecule has 1 atom stereocenters. The van der Waals surface area contributed by atoms with Gasteiger partial charge in [-0.2, -0.15) is 0 Å². The van der Waals surface area contributed by atoms with Crippen LogP contribution in [-0.2, 0) is 16.0 Å². The van der Waals surface area contributed by atoms with Crippen molar-refractivity contribution in [1.82, 2.24) is 10.1 Å². The Balaban J connectivity index is 1.92. The fraction of sp³-hybridized carbons (Fsp3) is 0.765. The van der Waals surface area contributed by atoms with Crippen molar-refractivity contribution in [3.63, 3.8) is 0 Å². The molecular weight excluding hydrogens is 280 g/mol. The van der Waals surface area contributed by atoms with Gasteiger partial charge >= 0.3 is 0 Å². The largest absolute Gasteiger partial charge is 0.384 e. The zero-order valence-electron chi connectivity index (χ0n) is 14.4. The highest BCUT2D eigenvalue weighted by Gasteiger charge is 2.33. The molecule has 1 aliphatic heterocycles. The lowest BCUT2D eigenvalue weighted by molar-refractivity contribution is -0.137. The molecule has 0 N–H and O–H groups in total. The third-order valence-electron chi connectivity index (χ3n) is 4.89. The van der Waals surface area contributed by atoms with Gasteiger partial charge in [0.1, 0.15) is 5.76 Å². The number of hydrogen-bond donors (Lipinski definition) is 0. The molecule has 5 nitrogen and oxygen atoms in total. The van der Waals surface area contributed by atoms with Crippen LogP contribution in [0.5, 0.6) is 0 Å². The molecule has 0 radical (unpaired) electrons. The number of piperidine rings is 1. The number of amides is 1. The Morgan fingerprint density at radius 3 is 2.55 bits per heavy atom. The molecule has 0 aliphatic carbocycles. The molecule has 1 aliphatic rings. The molecule has 0 aromatic carbocycles. The highest BCUT2D eigenvalue weighted by Crippen LogP contribution is 2.31. The molecule has 5 heteroatoms. The molecule has 1 aromatic heterocycles. The summed E-state index contributed by atoms with van der Waals surface area (Å²) in [6.07, 6.45) is 2.71. The minimum absolute atomic E-state index is 0.0384. The highest BCUT2D eigenvalue weighted by atomic mass is 16.5. The number of carbonyl (C=O) groups is 1. The molecule has 22 heavy (non-hydrogen) atoms. The predicted molar refractivity (Wildman–Crippen MR) is 84.6 cm³/mol. The number of carbonyl (C=O) groups excluding carboxylic acids is 1. The van der Waals surface area contributed by atoms with E-state index in [0.717, 1.165) is 49.6 Å². The normalized spacial score (nSPS) is 19.2. The number of nitrogens with zero attached hydrogens (tertiary/aromatic N) is 2. The van der Waals surface area contributed by atoms with Crippen molar-refractivity contribution < 1.29 is 14.1 Å². The Labute approximate surface area is 133 Å². The molecule has 2 rings (SSSR count). The van der Waals surface area contributed by atoms with Crippen LogP contribution in [0.15, 0.2) is 4.52 Å². The third kappa shape index (κ3) is 3.69. The minimum atomic E-state index is -0.0384. The van der Waals surface area contributed by atoms with Crippen LogP contribution in [0.25, 0.3) is 0 Å². The average molecular weight is 308 g/mol. The predicted octanol–water partition coefficient (Wildman–Crippen LogP) is 2.75. The van der Waals surface area contributed by atoms with Gasteiger partial charge in [0.25, 0.3) is 0 Å². The summed E-state index contributed by atoms with van der Waals surface area (Å²) in [7, 11) is 1.74. The number of ether oxygens (including phenoxy) is 1. The molecule has 0 bridgehead atoms. The van der Waals surface area contributed by atoms with E-state index in [4.69, 9.17) is 9.26 Å². The van der Waals surface area contributed by atoms with E-state index in [1.807, 2.05) is 25.7 Å². The summed E-state index contributed by atoms with van der Waals surface area (Å²) in [5.74, 6) is 1.02. The first kappa shape index (κ1) is 17.0. The Bertz CT molecular complexity index is 496. The first-order valence-electron chi connectivity index (χ1n) is 8.06. The van der Waals surface area contributed by atoms with Crippen molar-refractivity contribution >= 4 is 5.91 Å². The van der Waals surface area contributed by atoms with Gasteiger partial charge in [-0.1, -0.05) is 19.0 Å². The van der Waals surface area contributed by atoms with Crippen molar-refractivity contribution in [2.45, 2.75) is 47.0 Å². The minimum Gasteiger partial charge on any atom is -0.384 e. The standard InChI is InChI=1S/C17H28N2O3/c1-12(10-15-13(2)18-22-14(15)3)16(20)19-8-6-17(4,7-9-19)11-21-5/h12H,6-11H2,1-5H3/t12-/m0/s1. The molecule has 1 saturated heterocycles. The van der Waals surface area contributed by atoms with Crippen LogP contribution in [0.4, 0.5) is 0 Å². The molecule has 1 aromatic rings. The summed E-state index contributed by atoms with van der Waals surface area (Å²) < 4.78 is 10.5. The maximum atomic E-state index is 12.7. The van der Waals surface area contributed by atoms with Crippen LogP contribution < -0.4 is 0 Å². The van der Waals surface area contributed by atoms with Crippen LogP contribution in [-0.4, -0.2) is 42.8 Å². The second kappa shape index (κ2) is 6.82. The Morgan fingerprint density at radius 1 is 1.41 bits per heavy atom. The van der Waals surface area contributed by atoms with E-state index < -0.39 is 0 Å². The molecule has 2 heterocycles. The molecule has 0 saturated carbocycles. The van der Waals surface area contributed by atoms with Crippen molar-refractivity contribution in [3.8, 4) is 0 Å². The van der Waals surface area contributed by atoms with Gasteiger partial charge < -0.3 is 14.2 Å². The lowest BCUT2D eigenvalue weighted by atomic mass is 9.81. The van der Waals surface area contributed by atoms with Gasteiger partial charge in [0.05, 0.1) is 12.3 Å². The lowest BCUT2D eigenvalue weighted by Crippen LogP contribution is -2.45. The van der Waals surface area contributed by atoms with Crippen molar-refractivity contribution in [2.75, 3.05) is 26.8 Å². The van der Waals surface area contributed by atoms with Gasteiger partial charge in [-0.25, -0.2) is 0 Å². The SMILES string of the molecule is COCC1(C)CCN(C(=O)[C@@H](C)Cc2c(C)noc2C)CC1. The number of rotatable bonds is 5. The fourth-order valence-corrected chi connectivity index (χ4v) is 3.26. The van der Waals surface area contributed by atoms with Crippen molar-refractivity contribution in [3.05, 3.63) is 17.0 Å². The van der Waals surface area contributed by atoms with Crippen LogP contribution in [0.3, 0.4) is 0 Å². The summed E-state index contributed by atoms with van der Waals surface area (Å²) >= 11 is 0. The molecule has 1 fully saturated rings. The zero-order valence-corrected chi connectivity index (χ0v) is 14.4. The van der Waals surface area contributed by atoms with Gasteiger partial charge in [0.15, 0.2) is 0 Å². The topological polar surface area (TPSA) is 55.6 Å². The Morgan fingerprint density at radius 2 is 2.05 bits per heavy atom. The van der Waals surface area contributed by atoms with E-state index >= 15 is 0 Å². The maximum Gasteiger partial charge on any atom is 0.225 e. The summed E-state index contributed by atoms with van der Waals surface area (Å²) in [5, 5.41) is 3.97. The van der Waals surface area contributed by atoms with E-state index in [9.17, 15) is 4.79 Å². The summed E-state index contributed by atoms with van der Waals surface area (Å²) in [6, 6.07) is 0. The lowest BCUT2D eigenvalue weighted by Gasteiger charge is -2.39. The molecule has 0 spiro atoms. The maximum absolute atomic E-state index is 12.7. The fourth-order valence-electron chi connectivity index (χ4n) is 3.26. The third-order valence-corrected chi connectivity index (χ3v) is 4.89. The first-order valence-corrected chi connectivity index (χ1v) is 8.06. The van der Waals surface area contributed by atoms with Crippen LogP contribution in [0.2, 0.25) is 0 Å². The summed E-state index contributed by atoms with van der Waals surface area (Å²) in [5.41, 5.74) is 2.17. The highest BCUT2D eigenvalue weighted by molar-refractivity contribution is 5.79. The van der Waals surface area contributed by atoms with E-state index in [1.165, 1.54) is 0 Å². The van der Waals surface area contributed by atoms with Gasteiger partial charge in [0.2, 0.25) is 5.91 Å². The van der Waals surface area contributed by atoms with Gasteiger partial charge in [-0.15, -0.1) is 0 Å². The quantitative estimate of drug-likeness (QED) is 0.839. The molecule has 124 valence electrons. The molecular formula is C17H28N2O3. The first-order chi connectivity index (χ1) is 10.4. The zero-order chi connectivity index (χ0) is 16.3. The van der Waals surface area contributed by atoms with Crippen LogP contribution in [0.1, 0.15) is 43.7 Å². The van der Waals surface area contributed by atoms with E-state index in [1.54, 1.807) is 7.11 Å². The Kier molecular flexibility index (Phi) is 5.27. The van der Waals surface area contributed by atoms with Crippen molar-refractivity contribution in [1.29, 1.82) is 0 Å². The van der Waals surface area contributed by atoms with E-state index in [-0.39, 0.29) is 17.2 Å². The average Bonchev–Trinajstić information content (AvgIpc) is 2.79. The summed E-state index contributed by atoms with van der Waals surface area (Å²) in [4.78, 5) is 14.7. The van der Waals surface area contributed by atoms with E-state index in [2.05, 4.69) is 12.1 Å². The number of aromatic nitrogens is 1. The smallest absolute Gasteiger partial charge is 0.225 e. The Hall–Kier alpha value is -1.36. The molecule has 0 unspecified atom stereocenters. The second-order valence-electron chi connectivity index (χ2n) is 6.98. The van der Waals surface area contributed by atoms with E-state index in [0.29, 0.717) is 6.42 Å². The van der Waals surface area contributed by atoms with Gasteiger partial charge in [-0.3, -0.25) is 4.79 Å². The van der Waals surface area contributed by atoms with Gasteiger partial charge in [-0.05, 0) is 38.5 Å². The number of likely N-dealkylation sites (tertiary alicyclic amines) is 1. The molecule has 1 amide bonds. The number of aryl methyl sites for hydroxylation is 2. The van der Waals surface area contributed by atoms with Crippen molar-refractivity contribution in [2.24, 2.45) is 11.3 Å². The number of methoxy groups -OCH3 is 1. The van der Waals surface area contributed by atoms with Crippen LogP contribution in [0, 0.1) is 25.2 Å². The number of hydrogen-bond acceptors (Lipinski definition) is 4. The monoisotopic (exact) mass is 308 g/mol. The second-order valence-corrected chi connectivity index (χ2v) is 6.98. The van der Waals surface area contributed by atoms with Gasteiger partial charge in [0, 0.05) is 31.7 Å².